The van der Waals surface area contributed by atoms with Gasteiger partial charge in [-0.15, -0.1) is 0 Å². The van der Waals surface area contributed by atoms with Gasteiger partial charge in [-0.1, -0.05) is 0 Å². The second-order valence-corrected chi connectivity index (χ2v) is 7.92. The molecule has 0 bridgehead atoms. The molecule has 1 N–H and O–H groups in total. The van der Waals surface area contributed by atoms with Gasteiger partial charge in [0.1, 0.15) is 5.54 Å². The summed E-state index contributed by atoms with van der Waals surface area (Å²) in [6, 6.07) is 2.46. The molecular formula is C13H25N3O2S. The van der Waals surface area contributed by atoms with Crippen LogP contribution >= 0.6 is 0 Å². The zero-order chi connectivity index (χ0) is 14.5. The van der Waals surface area contributed by atoms with Crippen LogP contribution in [-0.4, -0.2) is 57.0 Å². The van der Waals surface area contributed by atoms with Crippen LogP contribution in [0.2, 0.25) is 0 Å². The number of nitrogens with one attached hydrogen (secondary N) is 1. The van der Waals surface area contributed by atoms with Gasteiger partial charge in [-0.05, 0) is 53.2 Å². The van der Waals surface area contributed by atoms with Crippen molar-refractivity contribution in [3.8, 4) is 6.07 Å². The van der Waals surface area contributed by atoms with Crippen LogP contribution in [-0.2, 0) is 9.84 Å². The van der Waals surface area contributed by atoms with Gasteiger partial charge in [0.25, 0.3) is 0 Å². The summed E-state index contributed by atoms with van der Waals surface area (Å²) in [6.07, 6.45) is 3.53. The zero-order valence-electron chi connectivity index (χ0n) is 12.1. The highest BCUT2D eigenvalue weighted by atomic mass is 32.2. The summed E-state index contributed by atoms with van der Waals surface area (Å²) >= 11 is 0. The van der Waals surface area contributed by atoms with E-state index < -0.39 is 15.4 Å². The van der Waals surface area contributed by atoms with Crippen molar-refractivity contribution in [1.82, 2.24) is 10.2 Å². The minimum absolute atomic E-state index is 0.177. The number of rotatable bonds is 7. The van der Waals surface area contributed by atoms with Gasteiger partial charge < -0.3 is 10.2 Å². The van der Waals surface area contributed by atoms with E-state index in [2.05, 4.69) is 16.3 Å². The Balaban J connectivity index is 2.25. The highest BCUT2D eigenvalue weighted by Gasteiger charge is 2.30. The average Bonchev–Trinajstić information content (AvgIpc) is 2.74. The molecule has 0 spiro atoms. The first-order valence-electron chi connectivity index (χ1n) is 6.83. The van der Waals surface area contributed by atoms with Crippen LogP contribution in [0, 0.1) is 11.3 Å². The maximum atomic E-state index is 11.4. The first kappa shape index (κ1) is 16.4. The van der Waals surface area contributed by atoms with Gasteiger partial charge in [-0.25, -0.2) is 8.42 Å². The fourth-order valence-electron chi connectivity index (χ4n) is 2.38. The highest BCUT2D eigenvalue weighted by Crippen LogP contribution is 2.18. The minimum Gasteiger partial charge on any atom is -0.303 e. The molecule has 1 saturated heterocycles. The van der Waals surface area contributed by atoms with Crippen LogP contribution in [0.3, 0.4) is 0 Å². The van der Waals surface area contributed by atoms with E-state index >= 15 is 0 Å². The standard InChI is InChI=1S/C13H25N3O2S/c1-13(11-14,15-2)7-4-5-8-16(3)12-6-9-19(17,18)10-12/h12,15H,4-10H2,1-3H3. The topological polar surface area (TPSA) is 73.2 Å². The zero-order valence-corrected chi connectivity index (χ0v) is 13.0. The largest absolute Gasteiger partial charge is 0.303 e. The summed E-state index contributed by atoms with van der Waals surface area (Å²) in [4.78, 5) is 2.15. The van der Waals surface area contributed by atoms with Gasteiger partial charge in [0.05, 0.1) is 17.6 Å². The van der Waals surface area contributed by atoms with Crippen molar-refractivity contribution in [3.63, 3.8) is 0 Å². The summed E-state index contributed by atoms with van der Waals surface area (Å²) in [5.41, 5.74) is -0.449. The number of sulfone groups is 1. The fourth-order valence-corrected chi connectivity index (χ4v) is 4.19. The molecule has 0 radical (unpaired) electrons. The Hall–Kier alpha value is -0.640. The Morgan fingerprint density at radius 3 is 2.63 bits per heavy atom. The first-order chi connectivity index (χ1) is 8.82. The number of hydrogen-bond donors (Lipinski definition) is 1. The molecule has 110 valence electrons. The normalized spacial score (nSPS) is 25.1. The summed E-state index contributed by atoms with van der Waals surface area (Å²) in [7, 11) is 1.00. The van der Waals surface area contributed by atoms with Crippen LogP contribution in [0.5, 0.6) is 0 Å². The van der Waals surface area contributed by atoms with Crippen LogP contribution in [0.25, 0.3) is 0 Å². The van der Waals surface area contributed by atoms with Crippen LogP contribution in [0.1, 0.15) is 32.6 Å². The van der Waals surface area contributed by atoms with Crippen LogP contribution in [0.4, 0.5) is 0 Å². The Morgan fingerprint density at radius 1 is 1.47 bits per heavy atom. The molecule has 2 unspecified atom stereocenters. The summed E-state index contributed by atoms with van der Waals surface area (Å²) in [6.45, 7) is 2.80. The van der Waals surface area contributed by atoms with E-state index in [1.807, 2.05) is 14.0 Å². The van der Waals surface area contributed by atoms with E-state index in [1.54, 1.807) is 7.05 Å². The number of nitriles is 1. The summed E-state index contributed by atoms with van der Waals surface area (Å²) in [5.74, 6) is 0.629. The Labute approximate surface area is 116 Å². The maximum Gasteiger partial charge on any atom is 0.151 e. The van der Waals surface area contributed by atoms with Gasteiger partial charge in [0, 0.05) is 6.04 Å². The van der Waals surface area contributed by atoms with E-state index in [0.29, 0.717) is 11.5 Å². The molecule has 0 amide bonds. The van der Waals surface area contributed by atoms with Crippen LogP contribution < -0.4 is 5.32 Å². The van der Waals surface area contributed by atoms with E-state index in [0.717, 1.165) is 32.2 Å². The predicted octanol–water partition coefficient (Wildman–Crippen LogP) is 0.777. The third-order valence-electron chi connectivity index (χ3n) is 4.07. The van der Waals surface area contributed by atoms with Gasteiger partial charge in [-0.2, -0.15) is 5.26 Å². The first-order valence-corrected chi connectivity index (χ1v) is 8.65. The summed E-state index contributed by atoms with van der Waals surface area (Å²) < 4.78 is 22.8. The third kappa shape index (κ3) is 5.09. The second-order valence-electron chi connectivity index (χ2n) is 5.69. The quantitative estimate of drug-likeness (QED) is 0.700. The molecule has 1 aliphatic heterocycles. The lowest BCUT2D eigenvalue weighted by Gasteiger charge is -2.24. The predicted molar refractivity (Wildman–Crippen MR) is 76.6 cm³/mol. The van der Waals surface area contributed by atoms with E-state index in [9.17, 15) is 8.42 Å². The van der Waals surface area contributed by atoms with Gasteiger partial charge in [0.15, 0.2) is 9.84 Å². The molecule has 2 atom stereocenters. The molecule has 0 saturated carbocycles. The molecule has 0 aliphatic carbocycles. The lowest BCUT2D eigenvalue weighted by atomic mass is 9.97. The van der Waals surface area contributed by atoms with Crippen molar-refractivity contribution in [2.45, 2.75) is 44.2 Å². The molecule has 0 aromatic heterocycles. The molecule has 1 rings (SSSR count). The van der Waals surface area contributed by atoms with E-state index in [4.69, 9.17) is 5.26 Å². The average molecular weight is 287 g/mol. The molecule has 5 nitrogen and oxygen atoms in total. The van der Waals surface area contributed by atoms with Crippen molar-refractivity contribution in [2.75, 3.05) is 32.1 Å². The van der Waals surface area contributed by atoms with Gasteiger partial charge >= 0.3 is 0 Å². The minimum atomic E-state index is -2.80. The smallest absolute Gasteiger partial charge is 0.151 e. The van der Waals surface area contributed by atoms with E-state index in [-0.39, 0.29) is 6.04 Å². The number of nitrogens with zero attached hydrogens (tertiary/aromatic N) is 2. The van der Waals surface area contributed by atoms with Crippen molar-refractivity contribution in [3.05, 3.63) is 0 Å². The monoisotopic (exact) mass is 287 g/mol. The molecule has 0 aromatic carbocycles. The number of unbranched alkanes of at least 4 members (excludes halogenated alkanes) is 1. The lowest BCUT2D eigenvalue weighted by molar-refractivity contribution is 0.253. The lowest BCUT2D eigenvalue weighted by Crippen LogP contribution is -2.38. The summed E-state index contributed by atoms with van der Waals surface area (Å²) in [5, 5.41) is 12.1. The van der Waals surface area contributed by atoms with Crippen molar-refractivity contribution >= 4 is 9.84 Å². The third-order valence-corrected chi connectivity index (χ3v) is 5.82. The van der Waals surface area contributed by atoms with Crippen molar-refractivity contribution in [1.29, 1.82) is 5.26 Å². The molecule has 1 fully saturated rings. The van der Waals surface area contributed by atoms with Crippen molar-refractivity contribution < 1.29 is 8.42 Å². The Bertz CT molecular complexity index is 430. The Kier molecular flexibility index (Phi) is 5.78. The highest BCUT2D eigenvalue weighted by molar-refractivity contribution is 7.91. The maximum absolute atomic E-state index is 11.4. The molecule has 1 heterocycles. The molecule has 6 heteroatoms. The molecular weight excluding hydrogens is 262 g/mol. The molecule has 19 heavy (non-hydrogen) atoms. The molecule has 0 aromatic rings. The number of hydrogen-bond acceptors (Lipinski definition) is 5. The van der Waals surface area contributed by atoms with E-state index in [1.165, 1.54) is 0 Å². The van der Waals surface area contributed by atoms with Gasteiger partial charge in [-0.3, -0.25) is 0 Å². The SMILES string of the molecule is CNC(C)(C#N)CCCCN(C)C1CCS(=O)(=O)C1. The fraction of sp³-hybridized carbons (Fsp3) is 0.923. The van der Waals surface area contributed by atoms with Crippen LogP contribution in [0.15, 0.2) is 0 Å². The van der Waals surface area contributed by atoms with Gasteiger partial charge in [0.2, 0.25) is 0 Å². The van der Waals surface area contributed by atoms with Crippen molar-refractivity contribution in [2.24, 2.45) is 0 Å². The molecule has 1 aliphatic rings. The Morgan fingerprint density at radius 2 is 2.16 bits per heavy atom. The second kappa shape index (κ2) is 6.69.